The van der Waals surface area contributed by atoms with Gasteiger partial charge in [-0.2, -0.15) is 11.8 Å². The largest absolute Gasteiger partial charge is 0.497 e. The second-order valence-corrected chi connectivity index (χ2v) is 8.88. The molecule has 0 bridgehead atoms. The topological polar surface area (TPSA) is 38.3 Å². The average molecular weight is 430 g/mol. The highest BCUT2D eigenvalue weighted by atomic mass is 35.5. The highest BCUT2D eigenvalue weighted by Crippen LogP contribution is 2.26. The number of benzene rings is 2. The zero-order valence-corrected chi connectivity index (χ0v) is 17.8. The SMILES string of the molecule is COc1ccc(S[C@@H](C)C(=O)NCCSCc2ccc(Cl)cc2Cl)cc1. The number of halogens is 2. The summed E-state index contributed by atoms with van der Waals surface area (Å²) in [7, 11) is 1.64. The predicted octanol–water partition coefficient (Wildman–Crippen LogP) is 5.53. The maximum atomic E-state index is 12.2. The molecule has 0 aromatic heterocycles. The molecule has 0 saturated carbocycles. The van der Waals surface area contributed by atoms with Crippen molar-refractivity contribution in [2.75, 3.05) is 19.4 Å². The van der Waals surface area contributed by atoms with Gasteiger partial charge in [0.15, 0.2) is 0 Å². The lowest BCUT2D eigenvalue weighted by atomic mass is 10.2. The molecule has 0 fully saturated rings. The van der Waals surface area contributed by atoms with Crippen LogP contribution in [0.15, 0.2) is 47.4 Å². The maximum Gasteiger partial charge on any atom is 0.233 e. The van der Waals surface area contributed by atoms with E-state index in [2.05, 4.69) is 5.32 Å². The summed E-state index contributed by atoms with van der Waals surface area (Å²) >= 11 is 15.3. The van der Waals surface area contributed by atoms with E-state index in [4.69, 9.17) is 27.9 Å². The van der Waals surface area contributed by atoms with Crippen molar-refractivity contribution in [2.45, 2.75) is 22.8 Å². The Hall–Kier alpha value is -1.01. The van der Waals surface area contributed by atoms with Crippen LogP contribution in [0, 0.1) is 0 Å². The van der Waals surface area contributed by atoms with E-state index in [0.29, 0.717) is 16.6 Å². The first kappa shape index (κ1) is 21.3. The van der Waals surface area contributed by atoms with Gasteiger partial charge in [-0.15, -0.1) is 11.8 Å². The highest BCUT2D eigenvalue weighted by molar-refractivity contribution is 8.00. The second kappa shape index (κ2) is 11.0. The first-order valence-corrected chi connectivity index (χ1v) is 10.9. The predicted molar refractivity (Wildman–Crippen MR) is 114 cm³/mol. The minimum Gasteiger partial charge on any atom is -0.497 e. The third kappa shape index (κ3) is 6.95. The van der Waals surface area contributed by atoms with Gasteiger partial charge in [-0.25, -0.2) is 0 Å². The molecule has 0 aliphatic rings. The fourth-order valence-corrected chi connectivity index (χ4v) is 4.43. The Morgan fingerprint density at radius 2 is 1.92 bits per heavy atom. The van der Waals surface area contributed by atoms with Crippen molar-refractivity contribution in [1.29, 1.82) is 0 Å². The Labute approximate surface area is 173 Å². The molecular formula is C19H21Cl2NO2S2. The van der Waals surface area contributed by atoms with E-state index in [0.717, 1.165) is 27.7 Å². The standard InChI is InChI=1S/C19H21Cl2NO2S2/c1-13(26-17-7-5-16(24-2)6-8-17)19(23)22-9-10-25-12-14-3-4-15(20)11-18(14)21/h3-8,11,13H,9-10,12H2,1-2H3,(H,22,23)/t13-/m0/s1. The summed E-state index contributed by atoms with van der Waals surface area (Å²) in [6.45, 7) is 2.53. The third-order valence-corrected chi connectivity index (χ3v) is 6.27. The lowest BCUT2D eigenvalue weighted by Crippen LogP contribution is -2.32. The fourth-order valence-electron chi connectivity index (χ4n) is 2.12. The minimum atomic E-state index is -0.154. The summed E-state index contributed by atoms with van der Waals surface area (Å²) in [4.78, 5) is 13.2. The lowest BCUT2D eigenvalue weighted by Gasteiger charge is -2.12. The van der Waals surface area contributed by atoms with Crippen molar-refractivity contribution in [3.63, 3.8) is 0 Å². The number of ether oxygens (including phenoxy) is 1. The van der Waals surface area contributed by atoms with Crippen LogP contribution in [0.3, 0.4) is 0 Å². The zero-order chi connectivity index (χ0) is 18.9. The summed E-state index contributed by atoms with van der Waals surface area (Å²) in [5, 5.41) is 4.14. The molecule has 1 amide bonds. The van der Waals surface area contributed by atoms with Crippen LogP contribution >= 0.6 is 46.7 Å². The molecule has 7 heteroatoms. The normalized spacial score (nSPS) is 11.8. The monoisotopic (exact) mass is 429 g/mol. The van der Waals surface area contributed by atoms with E-state index in [9.17, 15) is 4.79 Å². The molecule has 1 N–H and O–H groups in total. The number of hydrogen-bond acceptors (Lipinski definition) is 4. The molecule has 0 spiro atoms. The molecule has 0 aliphatic carbocycles. The van der Waals surface area contributed by atoms with E-state index in [1.807, 2.05) is 43.3 Å². The van der Waals surface area contributed by atoms with E-state index in [1.165, 1.54) is 11.8 Å². The van der Waals surface area contributed by atoms with Crippen LogP contribution in [0.2, 0.25) is 10.0 Å². The molecule has 0 radical (unpaired) electrons. The molecule has 0 saturated heterocycles. The van der Waals surface area contributed by atoms with Gasteiger partial charge in [-0.05, 0) is 48.9 Å². The van der Waals surface area contributed by atoms with Gasteiger partial charge < -0.3 is 10.1 Å². The average Bonchev–Trinajstić information content (AvgIpc) is 2.63. The van der Waals surface area contributed by atoms with Crippen molar-refractivity contribution in [3.8, 4) is 5.75 Å². The number of hydrogen-bond donors (Lipinski definition) is 1. The van der Waals surface area contributed by atoms with Gasteiger partial charge in [0.1, 0.15) is 5.75 Å². The van der Waals surface area contributed by atoms with E-state index in [1.54, 1.807) is 24.9 Å². The summed E-state index contributed by atoms with van der Waals surface area (Å²) in [5.74, 6) is 2.47. The smallest absolute Gasteiger partial charge is 0.233 e. The molecule has 2 aromatic carbocycles. The molecule has 3 nitrogen and oxygen atoms in total. The van der Waals surface area contributed by atoms with E-state index >= 15 is 0 Å². The molecule has 26 heavy (non-hydrogen) atoms. The van der Waals surface area contributed by atoms with Gasteiger partial charge >= 0.3 is 0 Å². The fraction of sp³-hybridized carbons (Fsp3) is 0.316. The molecule has 0 unspecified atom stereocenters. The molecule has 0 heterocycles. The maximum absolute atomic E-state index is 12.2. The van der Waals surface area contributed by atoms with Crippen LogP contribution in [0.1, 0.15) is 12.5 Å². The summed E-state index contributed by atoms with van der Waals surface area (Å²) in [5.41, 5.74) is 1.05. The van der Waals surface area contributed by atoms with Crippen molar-refractivity contribution >= 4 is 52.6 Å². The Morgan fingerprint density at radius 1 is 1.19 bits per heavy atom. The first-order chi connectivity index (χ1) is 12.5. The molecule has 2 rings (SSSR count). The zero-order valence-electron chi connectivity index (χ0n) is 14.6. The molecule has 1 atom stereocenters. The third-order valence-electron chi connectivity index (χ3n) is 3.56. The molecule has 140 valence electrons. The Bertz CT molecular complexity index is 726. The number of carbonyl (C=O) groups excluding carboxylic acids is 1. The second-order valence-electron chi connectivity index (χ2n) is 5.51. The molecule has 2 aromatic rings. The highest BCUT2D eigenvalue weighted by Gasteiger charge is 2.13. The number of nitrogens with one attached hydrogen (secondary N) is 1. The van der Waals surface area contributed by atoms with Crippen molar-refractivity contribution < 1.29 is 9.53 Å². The van der Waals surface area contributed by atoms with E-state index in [-0.39, 0.29) is 11.2 Å². The van der Waals surface area contributed by atoms with Gasteiger partial charge in [-0.3, -0.25) is 4.79 Å². The number of methoxy groups -OCH3 is 1. The van der Waals surface area contributed by atoms with Gasteiger partial charge in [0.05, 0.1) is 12.4 Å². The summed E-state index contributed by atoms with van der Waals surface area (Å²) in [6.07, 6.45) is 0. The van der Waals surface area contributed by atoms with Gasteiger partial charge in [0, 0.05) is 33.0 Å². The number of amides is 1. The molecule has 0 aliphatic heterocycles. The van der Waals surface area contributed by atoms with Crippen molar-refractivity contribution in [2.24, 2.45) is 0 Å². The summed E-state index contributed by atoms with van der Waals surface area (Å²) in [6, 6.07) is 13.2. The van der Waals surface area contributed by atoms with Crippen LogP contribution in [-0.4, -0.2) is 30.6 Å². The summed E-state index contributed by atoms with van der Waals surface area (Å²) < 4.78 is 5.14. The minimum absolute atomic E-state index is 0.0379. The number of carbonyl (C=O) groups is 1. The van der Waals surface area contributed by atoms with Gasteiger partial charge in [0.2, 0.25) is 5.91 Å². The Kier molecular flexibility index (Phi) is 8.99. The van der Waals surface area contributed by atoms with Crippen LogP contribution in [0.5, 0.6) is 5.75 Å². The van der Waals surface area contributed by atoms with Crippen LogP contribution in [-0.2, 0) is 10.5 Å². The van der Waals surface area contributed by atoms with Crippen LogP contribution in [0.25, 0.3) is 0 Å². The van der Waals surface area contributed by atoms with Crippen LogP contribution < -0.4 is 10.1 Å². The lowest BCUT2D eigenvalue weighted by molar-refractivity contribution is -0.120. The Morgan fingerprint density at radius 3 is 2.58 bits per heavy atom. The number of thioether (sulfide) groups is 2. The first-order valence-electron chi connectivity index (χ1n) is 8.09. The van der Waals surface area contributed by atoms with E-state index < -0.39 is 0 Å². The molecular weight excluding hydrogens is 409 g/mol. The Balaban J connectivity index is 1.67. The van der Waals surface area contributed by atoms with Gasteiger partial charge in [-0.1, -0.05) is 29.3 Å². The van der Waals surface area contributed by atoms with Crippen molar-refractivity contribution in [3.05, 3.63) is 58.1 Å². The van der Waals surface area contributed by atoms with Crippen LogP contribution in [0.4, 0.5) is 0 Å². The van der Waals surface area contributed by atoms with Gasteiger partial charge in [0.25, 0.3) is 0 Å². The van der Waals surface area contributed by atoms with Crippen molar-refractivity contribution in [1.82, 2.24) is 5.32 Å². The number of rotatable bonds is 9. The quantitative estimate of drug-likeness (QED) is 0.419.